The number of anilines is 1. The Labute approximate surface area is 194 Å². The van der Waals surface area contributed by atoms with E-state index >= 15 is 0 Å². The fourth-order valence-corrected chi connectivity index (χ4v) is 4.03. The third-order valence-electron chi connectivity index (χ3n) is 5.33. The van der Waals surface area contributed by atoms with Gasteiger partial charge in [0.05, 0.1) is 5.56 Å². The van der Waals surface area contributed by atoms with Crippen molar-refractivity contribution < 1.29 is 0 Å². The zero-order valence-corrected chi connectivity index (χ0v) is 19.0. The van der Waals surface area contributed by atoms with E-state index in [9.17, 15) is 0 Å². The molecular formula is C25H21BrN6. The Morgan fingerprint density at radius 1 is 0.969 bits per heavy atom. The molecule has 0 saturated carbocycles. The number of nitrogens with two attached hydrogens (primary N) is 1. The van der Waals surface area contributed by atoms with Crippen molar-refractivity contribution in [1.82, 2.24) is 24.8 Å². The van der Waals surface area contributed by atoms with Gasteiger partial charge in [0.2, 0.25) is 0 Å². The molecule has 0 spiro atoms. The first-order chi connectivity index (χ1) is 15.6. The lowest BCUT2D eigenvalue weighted by atomic mass is 10.1. The van der Waals surface area contributed by atoms with E-state index in [1.807, 2.05) is 42.1 Å². The standard InChI is InChI=1S/C25H21BrN6/c1-28-14-16-4-10-20(11-5-16)32-24(21-3-2-12-29-23(21)27)31-22-13-18(15-30-25(22)32)17-6-8-19(26)9-7-17/h2-13,15,28H,14H2,1H3,(H2,27,29). The number of halogens is 1. The number of aromatic nitrogens is 4. The highest BCUT2D eigenvalue weighted by Gasteiger charge is 2.18. The quantitative estimate of drug-likeness (QED) is 0.357. The van der Waals surface area contributed by atoms with E-state index in [0.29, 0.717) is 11.6 Å². The summed E-state index contributed by atoms with van der Waals surface area (Å²) in [4.78, 5) is 14.0. The first-order valence-electron chi connectivity index (χ1n) is 10.2. The van der Waals surface area contributed by atoms with Gasteiger partial charge in [0.1, 0.15) is 11.3 Å². The van der Waals surface area contributed by atoms with Gasteiger partial charge in [-0.1, -0.05) is 40.2 Å². The van der Waals surface area contributed by atoms with E-state index in [1.165, 1.54) is 5.56 Å². The maximum Gasteiger partial charge on any atom is 0.164 e. The normalized spacial score (nSPS) is 11.2. The van der Waals surface area contributed by atoms with Crippen molar-refractivity contribution in [1.29, 1.82) is 0 Å². The average molecular weight is 485 g/mol. The molecule has 0 aliphatic carbocycles. The van der Waals surface area contributed by atoms with Crippen molar-refractivity contribution >= 4 is 32.9 Å². The summed E-state index contributed by atoms with van der Waals surface area (Å²) >= 11 is 3.49. The van der Waals surface area contributed by atoms with Gasteiger partial charge >= 0.3 is 0 Å². The van der Waals surface area contributed by atoms with Gasteiger partial charge in [0.25, 0.3) is 0 Å². The molecule has 0 bridgehead atoms. The molecule has 0 amide bonds. The first-order valence-corrected chi connectivity index (χ1v) is 11.0. The Kier molecular flexibility index (Phi) is 5.43. The molecule has 7 heteroatoms. The molecule has 5 rings (SSSR count). The number of pyridine rings is 2. The topological polar surface area (TPSA) is 81.7 Å². The zero-order chi connectivity index (χ0) is 22.1. The minimum Gasteiger partial charge on any atom is -0.383 e. The minimum absolute atomic E-state index is 0.434. The smallest absolute Gasteiger partial charge is 0.164 e. The van der Waals surface area contributed by atoms with E-state index in [2.05, 4.69) is 68.7 Å². The molecule has 0 fully saturated rings. The van der Waals surface area contributed by atoms with Crippen LogP contribution in [0.1, 0.15) is 5.56 Å². The van der Waals surface area contributed by atoms with Crippen LogP contribution in [0.2, 0.25) is 0 Å². The van der Waals surface area contributed by atoms with Gasteiger partial charge in [-0.05, 0) is 60.6 Å². The number of hydrogen-bond acceptors (Lipinski definition) is 5. The zero-order valence-electron chi connectivity index (χ0n) is 17.5. The fraction of sp³-hybridized carbons (Fsp3) is 0.0800. The molecule has 158 valence electrons. The maximum absolute atomic E-state index is 6.22. The summed E-state index contributed by atoms with van der Waals surface area (Å²) in [6.45, 7) is 0.808. The highest BCUT2D eigenvalue weighted by Crippen LogP contribution is 2.32. The van der Waals surface area contributed by atoms with Crippen LogP contribution in [-0.2, 0) is 6.54 Å². The van der Waals surface area contributed by atoms with Crippen molar-refractivity contribution in [2.24, 2.45) is 0 Å². The second kappa shape index (κ2) is 8.53. The number of fused-ring (bicyclic) bond motifs is 1. The Morgan fingerprint density at radius 2 is 1.75 bits per heavy atom. The summed E-state index contributed by atoms with van der Waals surface area (Å²) in [5, 5.41) is 3.18. The van der Waals surface area contributed by atoms with Crippen LogP contribution in [0.15, 0.2) is 83.6 Å². The van der Waals surface area contributed by atoms with Gasteiger partial charge in [-0.15, -0.1) is 0 Å². The van der Waals surface area contributed by atoms with Crippen molar-refractivity contribution in [3.63, 3.8) is 0 Å². The predicted molar refractivity (Wildman–Crippen MR) is 132 cm³/mol. The lowest BCUT2D eigenvalue weighted by Crippen LogP contribution is -2.05. The van der Waals surface area contributed by atoms with Gasteiger partial charge < -0.3 is 11.1 Å². The average Bonchev–Trinajstić information content (AvgIpc) is 3.19. The van der Waals surface area contributed by atoms with Crippen LogP contribution in [0.3, 0.4) is 0 Å². The maximum atomic E-state index is 6.22. The lowest BCUT2D eigenvalue weighted by molar-refractivity contribution is 0.817. The third-order valence-corrected chi connectivity index (χ3v) is 5.86. The molecule has 5 aromatic rings. The molecule has 0 radical (unpaired) electrons. The van der Waals surface area contributed by atoms with Crippen molar-refractivity contribution in [3.8, 4) is 28.2 Å². The summed E-state index contributed by atoms with van der Waals surface area (Å²) in [7, 11) is 1.94. The molecule has 0 aliphatic rings. The van der Waals surface area contributed by atoms with Crippen LogP contribution < -0.4 is 11.1 Å². The minimum atomic E-state index is 0.434. The molecule has 0 saturated heterocycles. The number of imidazole rings is 1. The molecule has 3 heterocycles. The Hall–Kier alpha value is -3.55. The van der Waals surface area contributed by atoms with Crippen molar-refractivity contribution in [2.45, 2.75) is 6.54 Å². The highest BCUT2D eigenvalue weighted by atomic mass is 79.9. The molecule has 32 heavy (non-hydrogen) atoms. The predicted octanol–water partition coefficient (Wildman–Crippen LogP) is 5.21. The summed E-state index contributed by atoms with van der Waals surface area (Å²) in [5.41, 5.74) is 12.8. The van der Waals surface area contributed by atoms with Crippen LogP contribution in [0, 0.1) is 0 Å². The summed E-state index contributed by atoms with van der Waals surface area (Å²) < 4.78 is 3.08. The molecule has 3 N–H and O–H groups in total. The molecule has 2 aromatic carbocycles. The Bertz CT molecular complexity index is 1390. The summed E-state index contributed by atoms with van der Waals surface area (Å²) in [6.07, 6.45) is 3.57. The molecular weight excluding hydrogens is 464 g/mol. The number of nitrogens with zero attached hydrogens (tertiary/aromatic N) is 4. The van der Waals surface area contributed by atoms with E-state index in [1.54, 1.807) is 6.20 Å². The van der Waals surface area contributed by atoms with E-state index in [0.717, 1.165) is 44.6 Å². The SMILES string of the molecule is CNCc1ccc(-n2c(-c3cccnc3N)nc3cc(-c4ccc(Br)cc4)cnc32)cc1. The molecule has 0 atom stereocenters. The third kappa shape index (κ3) is 3.77. The van der Waals surface area contributed by atoms with Gasteiger partial charge in [-0.25, -0.2) is 15.0 Å². The Balaban J connectivity index is 1.71. The van der Waals surface area contributed by atoms with Crippen LogP contribution in [0.25, 0.3) is 39.4 Å². The molecule has 0 unspecified atom stereocenters. The van der Waals surface area contributed by atoms with E-state index in [4.69, 9.17) is 15.7 Å². The van der Waals surface area contributed by atoms with Crippen LogP contribution >= 0.6 is 15.9 Å². The number of benzene rings is 2. The fourth-order valence-electron chi connectivity index (χ4n) is 3.76. The molecule has 6 nitrogen and oxygen atoms in total. The number of nitrogen functional groups attached to an aromatic ring is 1. The van der Waals surface area contributed by atoms with Gasteiger partial charge in [0, 0.05) is 34.7 Å². The van der Waals surface area contributed by atoms with Gasteiger partial charge in [-0.3, -0.25) is 4.57 Å². The number of rotatable bonds is 5. The van der Waals surface area contributed by atoms with E-state index in [-0.39, 0.29) is 0 Å². The summed E-state index contributed by atoms with van der Waals surface area (Å²) in [5.74, 6) is 1.15. The lowest BCUT2D eigenvalue weighted by Gasteiger charge is -2.11. The van der Waals surface area contributed by atoms with Crippen molar-refractivity contribution in [3.05, 3.63) is 89.2 Å². The monoisotopic (exact) mass is 484 g/mol. The Morgan fingerprint density at radius 3 is 2.47 bits per heavy atom. The molecule has 3 aromatic heterocycles. The van der Waals surface area contributed by atoms with E-state index < -0.39 is 0 Å². The first kappa shape index (κ1) is 20.4. The van der Waals surface area contributed by atoms with Gasteiger partial charge in [-0.2, -0.15) is 0 Å². The highest BCUT2D eigenvalue weighted by molar-refractivity contribution is 9.10. The number of hydrogen-bond donors (Lipinski definition) is 2. The van der Waals surface area contributed by atoms with Crippen molar-refractivity contribution in [2.75, 3.05) is 12.8 Å². The molecule has 0 aliphatic heterocycles. The summed E-state index contributed by atoms with van der Waals surface area (Å²) in [6, 6.07) is 22.4. The van der Waals surface area contributed by atoms with Gasteiger partial charge in [0.15, 0.2) is 11.5 Å². The second-order valence-corrected chi connectivity index (χ2v) is 8.39. The second-order valence-electron chi connectivity index (χ2n) is 7.48. The van der Waals surface area contributed by atoms with Crippen LogP contribution in [0.5, 0.6) is 0 Å². The van der Waals surface area contributed by atoms with Crippen LogP contribution in [0.4, 0.5) is 5.82 Å². The van der Waals surface area contributed by atoms with Crippen LogP contribution in [-0.4, -0.2) is 26.6 Å². The largest absolute Gasteiger partial charge is 0.383 e. The number of nitrogens with one attached hydrogen (secondary N) is 1.